The van der Waals surface area contributed by atoms with Gasteiger partial charge in [-0.1, -0.05) is 12.2 Å². The summed E-state index contributed by atoms with van der Waals surface area (Å²) in [5.74, 6) is 0.422. The molecule has 0 aliphatic carbocycles. The monoisotopic (exact) mass is 230 g/mol. The van der Waals surface area contributed by atoms with Crippen molar-refractivity contribution in [2.45, 2.75) is 6.04 Å². The minimum atomic E-state index is -3.34. The summed E-state index contributed by atoms with van der Waals surface area (Å²) in [5.41, 5.74) is 0. The molecular weight excluding hydrogens is 224 g/mol. The fourth-order valence-corrected chi connectivity index (χ4v) is 1.87. The Bertz CT molecular complexity index is 488. The minimum Gasteiger partial charge on any atom is -0.317 e. The molecule has 6 nitrogen and oxygen atoms in total. The van der Waals surface area contributed by atoms with Gasteiger partial charge in [-0.25, -0.2) is 23.4 Å². The first kappa shape index (κ1) is 9.41. The van der Waals surface area contributed by atoms with Crippen LogP contribution in [0, 0.1) is 0 Å². The molecule has 1 N–H and O–H groups in total. The molecule has 2 rings (SSSR count). The molecular formula is C6H6N4O2S2. The Balaban J connectivity index is 2.41. The van der Waals surface area contributed by atoms with Gasteiger partial charge in [0, 0.05) is 6.26 Å². The summed E-state index contributed by atoms with van der Waals surface area (Å²) in [4.78, 5) is 11.8. The highest BCUT2D eigenvalue weighted by Gasteiger charge is 2.33. The molecule has 14 heavy (non-hydrogen) atoms. The van der Waals surface area contributed by atoms with Crippen molar-refractivity contribution in [2.24, 2.45) is 15.0 Å². The smallest absolute Gasteiger partial charge is 0.222 e. The van der Waals surface area contributed by atoms with Gasteiger partial charge in [-0.2, -0.15) is 0 Å². The molecule has 74 valence electrons. The molecule has 0 aromatic heterocycles. The second-order valence-corrected chi connectivity index (χ2v) is 5.18. The van der Waals surface area contributed by atoms with E-state index >= 15 is 0 Å². The van der Waals surface area contributed by atoms with E-state index in [1.54, 1.807) is 0 Å². The summed E-state index contributed by atoms with van der Waals surface area (Å²) < 4.78 is 22.3. The number of hydrogen-bond acceptors (Lipinski definition) is 6. The molecule has 0 bridgehead atoms. The number of nitrogens with zero attached hydrogens (tertiary/aromatic N) is 3. The van der Waals surface area contributed by atoms with E-state index in [1.807, 2.05) is 0 Å². The predicted molar refractivity (Wildman–Crippen MR) is 57.7 cm³/mol. The molecule has 0 spiro atoms. The summed E-state index contributed by atoms with van der Waals surface area (Å²) >= 11 is 4.90. The first-order valence-electron chi connectivity index (χ1n) is 3.67. The predicted octanol–water partition coefficient (Wildman–Crippen LogP) is -0.873. The summed E-state index contributed by atoms with van der Waals surface area (Å²) in [6.07, 6.45) is 2.35. The largest absolute Gasteiger partial charge is 0.317 e. The summed E-state index contributed by atoms with van der Waals surface area (Å²) in [5, 5.41) is 2.49. The molecule has 1 atom stereocenters. The van der Waals surface area contributed by atoms with Crippen molar-refractivity contribution >= 4 is 44.4 Å². The standard InChI is InChI=1S/C6H6N4O2S2/c1-14(11,12)6-9-3-4(10-6)7-2-8-5(3)13/h2-3H,1H3,(H,7,8,9,10,13). The van der Waals surface area contributed by atoms with Gasteiger partial charge < -0.3 is 5.32 Å². The fraction of sp³-hybridized carbons (Fsp3) is 0.333. The van der Waals surface area contributed by atoms with Gasteiger partial charge in [-0.3, -0.25) is 0 Å². The third kappa shape index (κ3) is 1.46. The lowest BCUT2D eigenvalue weighted by Crippen LogP contribution is -2.36. The molecule has 2 heterocycles. The molecule has 1 unspecified atom stereocenters. The van der Waals surface area contributed by atoms with Crippen LogP contribution in [0.25, 0.3) is 0 Å². The molecule has 0 aromatic carbocycles. The Morgan fingerprint density at radius 2 is 2.29 bits per heavy atom. The van der Waals surface area contributed by atoms with Crippen LogP contribution in [0.1, 0.15) is 0 Å². The first-order chi connectivity index (χ1) is 6.48. The number of amidine groups is 2. The van der Waals surface area contributed by atoms with Crippen LogP contribution < -0.4 is 5.32 Å². The van der Waals surface area contributed by atoms with Crippen molar-refractivity contribution in [3.63, 3.8) is 0 Å². The van der Waals surface area contributed by atoms with Crippen molar-refractivity contribution in [3.05, 3.63) is 0 Å². The molecule has 0 amide bonds. The van der Waals surface area contributed by atoms with Gasteiger partial charge >= 0.3 is 0 Å². The average molecular weight is 230 g/mol. The van der Waals surface area contributed by atoms with E-state index < -0.39 is 15.9 Å². The van der Waals surface area contributed by atoms with Crippen molar-refractivity contribution < 1.29 is 8.42 Å². The van der Waals surface area contributed by atoms with E-state index in [1.165, 1.54) is 6.34 Å². The van der Waals surface area contributed by atoms with Crippen LogP contribution in [-0.4, -0.2) is 43.0 Å². The number of nitrogens with one attached hydrogen (secondary N) is 1. The normalized spacial score (nSPS) is 25.2. The Morgan fingerprint density at radius 3 is 2.86 bits per heavy atom. The highest BCUT2D eigenvalue weighted by atomic mass is 32.2. The number of hydrogen-bond donors (Lipinski definition) is 1. The van der Waals surface area contributed by atoms with Crippen LogP contribution in [-0.2, 0) is 9.84 Å². The van der Waals surface area contributed by atoms with E-state index in [9.17, 15) is 8.42 Å². The van der Waals surface area contributed by atoms with E-state index in [0.29, 0.717) is 10.8 Å². The maximum atomic E-state index is 11.2. The van der Waals surface area contributed by atoms with Gasteiger partial charge in [-0.15, -0.1) is 0 Å². The quantitative estimate of drug-likeness (QED) is 0.548. The van der Waals surface area contributed by atoms with Gasteiger partial charge in [0.25, 0.3) is 0 Å². The van der Waals surface area contributed by atoms with Crippen LogP contribution in [0.4, 0.5) is 0 Å². The van der Waals surface area contributed by atoms with E-state index in [0.717, 1.165) is 6.26 Å². The fourth-order valence-electron chi connectivity index (χ4n) is 1.07. The van der Waals surface area contributed by atoms with E-state index in [2.05, 4.69) is 20.3 Å². The molecule has 0 fully saturated rings. The minimum absolute atomic E-state index is 0.103. The summed E-state index contributed by atoms with van der Waals surface area (Å²) in [7, 11) is -3.34. The number of aliphatic imine (C=N–C) groups is 3. The Labute approximate surface area is 85.8 Å². The van der Waals surface area contributed by atoms with Crippen LogP contribution >= 0.6 is 12.2 Å². The third-order valence-corrected chi connectivity index (χ3v) is 2.95. The van der Waals surface area contributed by atoms with Crippen LogP contribution in [0.2, 0.25) is 0 Å². The second kappa shape index (κ2) is 2.92. The zero-order valence-corrected chi connectivity index (χ0v) is 8.76. The lowest BCUT2D eigenvalue weighted by atomic mass is 10.3. The van der Waals surface area contributed by atoms with E-state index in [4.69, 9.17) is 12.2 Å². The van der Waals surface area contributed by atoms with Crippen LogP contribution in [0.15, 0.2) is 15.0 Å². The lowest BCUT2D eigenvalue weighted by Gasteiger charge is -2.08. The Kier molecular flexibility index (Phi) is 1.96. The topological polar surface area (TPSA) is 83.2 Å². The molecule has 0 saturated carbocycles. The van der Waals surface area contributed by atoms with Gasteiger partial charge in [0.15, 0.2) is 6.04 Å². The zero-order chi connectivity index (χ0) is 10.3. The zero-order valence-electron chi connectivity index (χ0n) is 7.13. The average Bonchev–Trinajstić information content (AvgIpc) is 2.48. The maximum absolute atomic E-state index is 11.2. The second-order valence-electron chi connectivity index (χ2n) is 2.83. The van der Waals surface area contributed by atoms with Gasteiger partial charge in [-0.05, 0) is 0 Å². The number of rotatable bonds is 0. The molecule has 2 aliphatic rings. The van der Waals surface area contributed by atoms with Gasteiger partial charge in [0.1, 0.15) is 17.2 Å². The number of sulfone groups is 1. The maximum Gasteiger partial charge on any atom is 0.222 e. The number of fused-ring (bicyclic) bond motifs is 1. The molecule has 2 aliphatic heterocycles. The molecule has 8 heteroatoms. The highest BCUT2D eigenvalue weighted by Crippen LogP contribution is 2.11. The highest BCUT2D eigenvalue weighted by molar-refractivity contribution is 8.05. The summed E-state index contributed by atoms with van der Waals surface area (Å²) in [6.45, 7) is 0. The Morgan fingerprint density at radius 1 is 1.57 bits per heavy atom. The van der Waals surface area contributed by atoms with Crippen LogP contribution in [0.3, 0.4) is 0 Å². The Hall–Kier alpha value is -1.15. The first-order valence-corrected chi connectivity index (χ1v) is 5.97. The molecule has 0 aromatic rings. The summed E-state index contributed by atoms with van der Waals surface area (Å²) in [6, 6.07) is -0.542. The van der Waals surface area contributed by atoms with E-state index in [-0.39, 0.29) is 5.17 Å². The van der Waals surface area contributed by atoms with Crippen LogP contribution in [0.5, 0.6) is 0 Å². The van der Waals surface area contributed by atoms with Crippen molar-refractivity contribution in [1.82, 2.24) is 5.32 Å². The molecule has 0 saturated heterocycles. The van der Waals surface area contributed by atoms with Crippen molar-refractivity contribution in [2.75, 3.05) is 6.26 Å². The SMILES string of the molecule is CS(=O)(=O)C1=NC2C(=S)N=CN=C2N1. The van der Waals surface area contributed by atoms with Crippen molar-refractivity contribution in [3.8, 4) is 0 Å². The third-order valence-electron chi connectivity index (χ3n) is 1.71. The lowest BCUT2D eigenvalue weighted by molar-refractivity contribution is 0.612. The van der Waals surface area contributed by atoms with Gasteiger partial charge in [0.05, 0.1) is 0 Å². The van der Waals surface area contributed by atoms with Crippen molar-refractivity contribution in [1.29, 1.82) is 0 Å². The number of thiocarbonyl (C=S) groups is 1. The van der Waals surface area contributed by atoms with Gasteiger partial charge in [0.2, 0.25) is 15.0 Å². The molecule has 0 radical (unpaired) electrons.